The highest BCUT2D eigenvalue weighted by Crippen LogP contribution is 2.45. The third-order valence-electron chi connectivity index (χ3n) is 7.19. The SMILES string of the molecule is CCCN1c2cc(OC)c(/C=N\NC(=O)c3cccc(-n4c(C)ccc4C)c3)cc2C(C)CC1(C)C. The van der Waals surface area contributed by atoms with Crippen LogP contribution in [0.5, 0.6) is 5.75 Å². The molecule has 1 aliphatic heterocycles. The van der Waals surface area contributed by atoms with Crippen LogP contribution in [0.15, 0.2) is 53.6 Å². The van der Waals surface area contributed by atoms with Crippen molar-refractivity contribution in [1.82, 2.24) is 9.99 Å². The molecule has 190 valence electrons. The average Bonchev–Trinajstić information content (AvgIpc) is 3.18. The standard InChI is InChI=1S/C30H38N4O2/c1-8-14-33-27-17-28(36-7)24(16-26(27)20(2)18-30(33,5)6)19-31-32-29(35)23-10-9-11-25(15-23)34-21(3)12-13-22(34)4/h9-13,15-17,19-20H,8,14,18H2,1-7H3,(H,32,35)/b31-19-. The summed E-state index contributed by atoms with van der Waals surface area (Å²) in [6.45, 7) is 14.2. The van der Waals surface area contributed by atoms with Gasteiger partial charge < -0.3 is 14.2 Å². The van der Waals surface area contributed by atoms with Crippen molar-refractivity contribution in [2.24, 2.45) is 5.10 Å². The molecule has 0 saturated heterocycles. The zero-order valence-electron chi connectivity index (χ0n) is 22.6. The Morgan fingerprint density at radius 3 is 2.56 bits per heavy atom. The molecule has 3 aromatic rings. The molecule has 0 bridgehead atoms. The molecule has 36 heavy (non-hydrogen) atoms. The van der Waals surface area contributed by atoms with Gasteiger partial charge in [0.25, 0.3) is 5.91 Å². The molecule has 1 unspecified atom stereocenters. The van der Waals surface area contributed by atoms with E-state index in [1.807, 2.05) is 18.2 Å². The van der Waals surface area contributed by atoms with Crippen molar-refractivity contribution in [3.05, 3.63) is 76.6 Å². The number of ether oxygens (including phenoxy) is 1. The second kappa shape index (κ2) is 10.2. The highest BCUT2D eigenvalue weighted by Gasteiger charge is 2.36. The molecule has 0 spiro atoms. The molecule has 0 fully saturated rings. The highest BCUT2D eigenvalue weighted by molar-refractivity contribution is 5.95. The summed E-state index contributed by atoms with van der Waals surface area (Å²) in [6.07, 6.45) is 3.84. The zero-order chi connectivity index (χ0) is 26.0. The fraction of sp³-hybridized carbons (Fsp3) is 0.400. The van der Waals surface area contributed by atoms with Crippen LogP contribution in [0.25, 0.3) is 5.69 Å². The molecule has 0 radical (unpaired) electrons. The number of nitrogens with zero attached hydrogens (tertiary/aromatic N) is 3. The molecule has 6 heteroatoms. The van der Waals surface area contributed by atoms with Crippen molar-refractivity contribution < 1.29 is 9.53 Å². The normalized spacial score (nSPS) is 16.8. The number of anilines is 1. The van der Waals surface area contributed by atoms with Crippen LogP contribution in [0, 0.1) is 13.8 Å². The molecule has 4 rings (SSSR count). The quantitative estimate of drug-likeness (QED) is 0.312. The van der Waals surface area contributed by atoms with Crippen LogP contribution >= 0.6 is 0 Å². The summed E-state index contributed by atoms with van der Waals surface area (Å²) >= 11 is 0. The molecule has 2 aromatic carbocycles. The molecule has 6 nitrogen and oxygen atoms in total. The molecule has 0 saturated carbocycles. The Kier molecular flexibility index (Phi) is 7.25. The Labute approximate surface area is 215 Å². The number of rotatable bonds is 7. The molecular weight excluding hydrogens is 448 g/mol. The number of aryl methyl sites for hydroxylation is 2. The van der Waals surface area contributed by atoms with Gasteiger partial charge in [-0.15, -0.1) is 0 Å². The van der Waals surface area contributed by atoms with Crippen LogP contribution in [-0.4, -0.2) is 35.9 Å². The number of hydrogen-bond donors (Lipinski definition) is 1. The van der Waals surface area contributed by atoms with Crippen molar-refractivity contribution in [2.75, 3.05) is 18.6 Å². The van der Waals surface area contributed by atoms with E-state index in [-0.39, 0.29) is 11.4 Å². The van der Waals surface area contributed by atoms with E-state index in [1.165, 1.54) is 11.3 Å². The lowest BCUT2D eigenvalue weighted by molar-refractivity contribution is 0.0955. The summed E-state index contributed by atoms with van der Waals surface area (Å²) < 4.78 is 7.86. The lowest BCUT2D eigenvalue weighted by Crippen LogP contribution is -2.48. The first-order chi connectivity index (χ1) is 17.2. The third-order valence-corrected chi connectivity index (χ3v) is 7.19. The topological polar surface area (TPSA) is 58.9 Å². The van der Waals surface area contributed by atoms with Gasteiger partial charge in [-0.25, -0.2) is 5.43 Å². The molecule has 0 aliphatic carbocycles. The predicted molar refractivity (Wildman–Crippen MR) is 148 cm³/mol. The van der Waals surface area contributed by atoms with Gasteiger partial charge in [-0.1, -0.05) is 19.9 Å². The molecule has 1 aliphatic rings. The minimum absolute atomic E-state index is 0.0866. The second-order valence-corrected chi connectivity index (χ2v) is 10.4. The van der Waals surface area contributed by atoms with Crippen molar-refractivity contribution >= 4 is 17.8 Å². The minimum Gasteiger partial charge on any atom is -0.496 e. The van der Waals surface area contributed by atoms with Crippen molar-refractivity contribution in [3.63, 3.8) is 0 Å². The molecule has 1 atom stereocenters. The molecular formula is C30H38N4O2. The Bertz CT molecular complexity index is 1270. The Morgan fingerprint density at radius 2 is 1.89 bits per heavy atom. The van der Waals surface area contributed by atoms with Crippen LogP contribution in [0.3, 0.4) is 0 Å². The molecule has 2 heterocycles. The maximum absolute atomic E-state index is 12.9. The molecule has 1 amide bonds. The summed E-state index contributed by atoms with van der Waals surface area (Å²) in [5.41, 5.74) is 9.91. The predicted octanol–water partition coefficient (Wildman–Crippen LogP) is 6.37. The smallest absolute Gasteiger partial charge is 0.271 e. The van der Waals surface area contributed by atoms with Crippen molar-refractivity contribution in [3.8, 4) is 11.4 Å². The Hall–Kier alpha value is -3.54. The largest absolute Gasteiger partial charge is 0.496 e. The van der Waals surface area contributed by atoms with E-state index in [0.29, 0.717) is 11.5 Å². The van der Waals surface area contributed by atoms with Crippen LogP contribution in [-0.2, 0) is 0 Å². The summed E-state index contributed by atoms with van der Waals surface area (Å²) in [7, 11) is 1.68. The van der Waals surface area contributed by atoms with Gasteiger partial charge in [0.1, 0.15) is 5.75 Å². The van der Waals surface area contributed by atoms with Gasteiger partial charge >= 0.3 is 0 Å². The Morgan fingerprint density at radius 1 is 1.17 bits per heavy atom. The number of carbonyl (C=O) groups excluding carboxylic acids is 1. The number of fused-ring (bicyclic) bond motifs is 1. The first kappa shape index (κ1) is 25.5. The van der Waals surface area contributed by atoms with E-state index in [2.05, 4.69) is 85.8 Å². The Balaban J connectivity index is 1.57. The van der Waals surface area contributed by atoms with E-state index in [4.69, 9.17) is 4.74 Å². The molecule has 1 N–H and O–H groups in total. The maximum Gasteiger partial charge on any atom is 0.271 e. The lowest BCUT2D eigenvalue weighted by Gasteiger charge is -2.47. The van der Waals surface area contributed by atoms with E-state index >= 15 is 0 Å². The first-order valence-electron chi connectivity index (χ1n) is 12.7. The lowest BCUT2D eigenvalue weighted by atomic mass is 9.79. The van der Waals surface area contributed by atoms with Crippen LogP contribution in [0.4, 0.5) is 5.69 Å². The van der Waals surface area contributed by atoms with E-state index in [9.17, 15) is 4.79 Å². The van der Waals surface area contributed by atoms with Gasteiger partial charge in [-0.3, -0.25) is 4.79 Å². The fourth-order valence-electron chi connectivity index (χ4n) is 5.54. The van der Waals surface area contributed by atoms with Gasteiger partial charge in [-0.2, -0.15) is 5.10 Å². The van der Waals surface area contributed by atoms with Crippen molar-refractivity contribution in [1.29, 1.82) is 0 Å². The fourth-order valence-corrected chi connectivity index (χ4v) is 5.54. The van der Waals surface area contributed by atoms with Gasteiger partial charge in [0.2, 0.25) is 0 Å². The zero-order valence-corrected chi connectivity index (χ0v) is 22.6. The van der Waals surface area contributed by atoms with Gasteiger partial charge in [0, 0.05) is 52.0 Å². The number of amides is 1. The second-order valence-electron chi connectivity index (χ2n) is 10.4. The first-order valence-corrected chi connectivity index (χ1v) is 12.7. The van der Waals surface area contributed by atoms with E-state index in [1.54, 1.807) is 19.4 Å². The van der Waals surface area contributed by atoms with Crippen molar-refractivity contribution in [2.45, 2.75) is 65.8 Å². The van der Waals surface area contributed by atoms with E-state index in [0.717, 1.165) is 47.8 Å². The number of hydrazone groups is 1. The minimum atomic E-state index is -0.253. The number of benzene rings is 2. The van der Waals surface area contributed by atoms with Gasteiger partial charge in [0.15, 0.2) is 0 Å². The number of carbonyl (C=O) groups is 1. The number of methoxy groups -OCH3 is 1. The van der Waals surface area contributed by atoms with Crippen LogP contribution in [0.1, 0.15) is 79.3 Å². The molecule has 1 aromatic heterocycles. The number of aromatic nitrogens is 1. The summed E-state index contributed by atoms with van der Waals surface area (Å²) in [4.78, 5) is 15.4. The highest BCUT2D eigenvalue weighted by atomic mass is 16.5. The number of nitrogens with one attached hydrogen (secondary N) is 1. The average molecular weight is 487 g/mol. The maximum atomic E-state index is 12.9. The summed E-state index contributed by atoms with van der Waals surface area (Å²) in [6, 6.07) is 16.0. The van der Waals surface area contributed by atoms with Gasteiger partial charge in [-0.05, 0) is 88.4 Å². The van der Waals surface area contributed by atoms with Crippen LogP contribution in [0.2, 0.25) is 0 Å². The number of hydrogen-bond acceptors (Lipinski definition) is 4. The summed E-state index contributed by atoms with van der Waals surface area (Å²) in [5, 5.41) is 4.29. The van der Waals surface area contributed by atoms with E-state index < -0.39 is 0 Å². The summed E-state index contributed by atoms with van der Waals surface area (Å²) in [5.74, 6) is 0.911. The third kappa shape index (κ3) is 4.90. The monoisotopic (exact) mass is 486 g/mol. The van der Waals surface area contributed by atoms with Gasteiger partial charge in [0.05, 0.1) is 13.3 Å². The van der Waals surface area contributed by atoms with Crippen LogP contribution < -0.4 is 15.1 Å².